The van der Waals surface area contributed by atoms with E-state index in [1.54, 1.807) is 0 Å². The summed E-state index contributed by atoms with van der Waals surface area (Å²) >= 11 is 8.21. The van der Waals surface area contributed by atoms with Crippen molar-refractivity contribution in [1.29, 1.82) is 0 Å². The van der Waals surface area contributed by atoms with Crippen LogP contribution in [0.2, 0.25) is 5.02 Å². The molecule has 0 saturated heterocycles. The fourth-order valence-corrected chi connectivity index (χ4v) is 2.72. The van der Waals surface area contributed by atoms with Gasteiger partial charge in [-0.15, -0.1) is 0 Å². The molecule has 0 aliphatic heterocycles. The van der Waals surface area contributed by atoms with Crippen LogP contribution in [0.25, 0.3) is 11.4 Å². The molecule has 1 heterocycles. The van der Waals surface area contributed by atoms with Gasteiger partial charge in [-0.3, -0.25) is 0 Å². The molecule has 1 aromatic heterocycles. The number of nitrogens with two attached hydrogens (primary N) is 1. The van der Waals surface area contributed by atoms with Gasteiger partial charge in [0.1, 0.15) is 5.82 Å². The lowest BCUT2D eigenvalue weighted by Gasteiger charge is -2.12. The SMILES string of the molecule is Cc1cc(Cl)ccc1-c1nc(N)c(I)c(CC(C)C)n1. The lowest BCUT2D eigenvalue weighted by molar-refractivity contribution is 0.632. The molecule has 106 valence electrons. The van der Waals surface area contributed by atoms with Gasteiger partial charge in [-0.05, 0) is 65.6 Å². The Labute approximate surface area is 138 Å². The third-order valence-electron chi connectivity index (χ3n) is 2.98. The largest absolute Gasteiger partial charge is 0.383 e. The van der Waals surface area contributed by atoms with E-state index in [1.807, 2.05) is 25.1 Å². The molecule has 0 amide bonds. The van der Waals surface area contributed by atoms with Crippen LogP contribution in [0.4, 0.5) is 5.82 Å². The van der Waals surface area contributed by atoms with E-state index in [9.17, 15) is 0 Å². The smallest absolute Gasteiger partial charge is 0.162 e. The minimum absolute atomic E-state index is 0.525. The first-order chi connectivity index (χ1) is 9.38. The summed E-state index contributed by atoms with van der Waals surface area (Å²) in [4.78, 5) is 9.11. The van der Waals surface area contributed by atoms with Crippen molar-refractivity contribution in [3.05, 3.63) is 38.0 Å². The van der Waals surface area contributed by atoms with Crippen molar-refractivity contribution in [1.82, 2.24) is 9.97 Å². The molecule has 0 saturated carbocycles. The Bertz CT molecular complexity index is 641. The van der Waals surface area contributed by atoms with Crippen molar-refractivity contribution in [2.75, 3.05) is 5.73 Å². The van der Waals surface area contributed by atoms with E-state index in [0.29, 0.717) is 22.6 Å². The lowest BCUT2D eigenvalue weighted by Crippen LogP contribution is -2.08. The van der Waals surface area contributed by atoms with Crippen LogP contribution in [0, 0.1) is 16.4 Å². The van der Waals surface area contributed by atoms with Gasteiger partial charge in [0.15, 0.2) is 5.82 Å². The Morgan fingerprint density at radius 3 is 2.60 bits per heavy atom. The summed E-state index contributed by atoms with van der Waals surface area (Å²) in [7, 11) is 0. The number of rotatable bonds is 3. The molecule has 3 nitrogen and oxygen atoms in total. The molecule has 0 unspecified atom stereocenters. The predicted molar refractivity (Wildman–Crippen MR) is 92.9 cm³/mol. The standard InChI is InChI=1S/C15H17ClIN3/c1-8(2)6-12-13(17)14(18)20-15(19-12)11-5-4-10(16)7-9(11)3/h4-5,7-8H,6H2,1-3H3,(H2,18,19,20). The molecule has 0 radical (unpaired) electrons. The van der Waals surface area contributed by atoms with Gasteiger partial charge >= 0.3 is 0 Å². The molecular formula is C15H17ClIN3. The average molecular weight is 402 g/mol. The zero-order chi connectivity index (χ0) is 14.9. The number of aromatic nitrogens is 2. The van der Waals surface area contributed by atoms with Crippen molar-refractivity contribution in [2.45, 2.75) is 27.2 Å². The molecule has 2 rings (SSSR count). The summed E-state index contributed by atoms with van der Waals surface area (Å²) in [6, 6.07) is 5.71. The van der Waals surface area contributed by atoms with Crippen LogP contribution < -0.4 is 5.73 Å². The molecule has 1 aromatic carbocycles. The summed E-state index contributed by atoms with van der Waals surface area (Å²) in [5.41, 5.74) is 9.07. The Kier molecular flexibility index (Phi) is 4.86. The summed E-state index contributed by atoms with van der Waals surface area (Å²) in [5, 5.41) is 0.715. The highest BCUT2D eigenvalue weighted by Gasteiger charge is 2.14. The maximum Gasteiger partial charge on any atom is 0.162 e. The molecule has 0 aliphatic carbocycles. The van der Waals surface area contributed by atoms with Crippen LogP contribution in [-0.4, -0.2) is 9.97 Å². The number of hydrogen-bond donors (Lipinski definition) is 1. The molecule has 0 spiro atoms. The molecular weight excluding hydrogens is 385 g/mol. The third kappa shape index (κ3) is 3.41. The Morgan fingerprint density at radius 1 is 1.30 bits per heavy atom. The maximum absolute atomic E-state index is 6.03. The molecule has 2 aromatic rings. The van der Waals surface area contributed by atoms with Gasteiger partial charge in [-0.2, -0.15) is 0 Å². The Hall–Kier alpha value is -0.880. The second-order valence-corrected chi connectivity index (χ2v) is 6.77. The third-order valence-corrected chi connectivity index (χ3v) is 4.39. The van der Waals surface area contributed by atoms with Gasteiger partial charge in [0.2, 0.25) is 0 Å². The molecule has 0 aliphatic rings. The van der Waals surface area contributed by atoms with Gasteiger partial charge in [-0.25, -0.2) is 9.97 Å². The fourth-order valence-electron chi connectivity index (χ4n) is 2.03. The number of nitrogen functional groups attached to an aromatic ring is 1. The molecule has 0 fully saturated rings. The molecule has 5 heteroatoms. The first-order valence-corrected chi connectivity index (χ1v) is 7.92. The van der Waals surface area contributed by atoms with E-state index in [0.717, 1.165) is 26.8 Å². The quantitative estimate of drug-likeness (QED) is 0.771. The molecule has 0 atom stereocenters. The van der Waals surface area contributed by atoms with Crippen LogP contribution in [0.15, 0.2) is 18.2 Å². The topological polar surface area (TPSA) is 51.8 Å². The summed E-state index contributed by atoms with van der Waals surface area (Å²) < 4.78 is 0.951. The summed E-state index contributed by atoms with van der Waals surface area (Å²) in [5.74, 6) is 1.74. The zero-order valence-electron chi connectivity index (χ0n) is 11.7. The van der Waals surface area contributed by atoms with Crippen LogP contribution in [0.1, 0.15) is 25.1 Å². The lowest BCUT2D eigenvalue weighted by atomic mass is 10.1. The minimum atomic E-state index is 0.525. The van der Waals surface area contributed by atoms with Crippen LogP contribution >= 0.6 is 34.2 Å². The van der Waals surface area contributed by atoms with Gasteiger partial charge in [0.25, 0.3) is 0 Å². The molecule has 20 heavy (non-hydrogen) atoms. The highest BCUT2D eigenvalue weighted by molar-refractivity contribution is 14.1. The molecule has 2 N–H and O–H groups in total. The minimum Gasteiger partial charge on any atom is -0.383 e. The van der Waals surface area contributed by atoms with Crippen molar-refractivity contribution < 1.29 is 0 Å². The Morgan fingerprint density at radius 2 is 2.00 bits per heavy atom. The van der Waals surface area contributed by atoms with E-state index in [-0.39, 0.29) is 0 Å². The summed E-state index contributed by atoms with van der Waals surface area (Å²) in [6.07, 6.45) is 0.893. The number of hydrogen-bond acceptors (Lipinski definition) is 3. The normalized spacial score (nSPS) is 11.1. The summed E-state index contributed by atoms with van der Waals surface area (Å²) in [6.45, 7) is 6.34. The van der Waals surface area contributed by atoms with E-state index in [2.05, 4.69) is 41.4 Å². The number of halogens is 2. The van der Waals surface area contributed by atoms with E-state index in [1.165, 1.54) is 0 Å². The van der Waals surface area contributed by atoms with Gasteiger partial charge in [-0.1, -0.05) is 25.4 Å². The first-order valence-electron chi connectivity index (χ1n) is 6.47. The van der Waals surface area contributed by atoms with Crippen molar-refractivity contribution in [3.8, 4) is 11.4 Å². The number of aryl methyl sites for hydroxylation is 1. The maximum atomic E-state index is 6.03. The monoisotopic (exact) mass is 401 g/mol. The van der Waals surface area contributed by atoms with Gasteiger partial charge in [0.05, 0.1) is 9.26 Å². The average Bonchev–Trinajstić information content (AvgIpc) is 2.34. The highest BCUT2D eigenvalue weighted by Crippen LogP contribution is 2.27. The predicted octanol–water partition coefficient (Wildman–Crippen LogP) is 4.49. The van der Waals surface area contributed by atoms with Crippen LogP contribution in [-0.2, 0) is 6.42 Å². The van der Waals surface area contributed by atoms with Gasteiger partial charge < -0.3 is 5.73 Å². The number of anilines is 1. The molecule has 0 bridgehead atoms. The van der Waals surface area contributed by atoms with Gasteiger partial charge in [0, 0.05) is 10.6 Å². The van der Waals surface area contributed by atoms with E-state index < -0.39 is 0 Å². The van der Waals surface area contributed by atoms with Crippen LogP contribution in [0.5, 0.6) is 0 Å². The van der Waals surface area contributed by atoms with E-state index in [4.69, 9.17) is 22.3 Å². The second kappa shape index (κ2) is 6.26. The second-order valence-electron chi connectivity index (χ2n) is 5.25. The van der Waals surface area contributed by atoms with Crippen molar-refractivity contribution in [2.24, 2.45) is 5.92 Å². The number of benzene rings is 1. The first kappa shape index (κ1) is 15.5. The highest BCUT2D eigenvalue weighted by atomic mass is 127. The number of nitrogens with zero attached hydrogens (tertiary/aromatic N) is 2. The zero-order valence-corrected chi connectivity index (χ0v) is 14.7. The van der Waals surface area contributed by atoms with Crippen molar-refractivity contribution >= 4 is 40.0 Å². The Balaban J connectivity index is 2.54. The van der Waals surface area contributed by atoms with Crippen molar-refractivity contribution in [3.63, 3.8) is 0 Å². The van der Waals surface area contributed by atoms with Crippen LogP contribution in [0.3, 0.4) is 0 Å². The van der Waals surface area contributed by atoms with E-state index >= 15 is 0 Å². The fraction of sp³-hybridized carbons (Fsp3) is 0.333.